The van der Waals surface area contributed by atoms with Crippen molar-refractivity contribution in [3.05, 3.63) is 21.3 Å². The maximum absolute atomic E-state index is 6.46. The Morgan fingerprint density at radius 2 is 2.00 bits per heavy atom. The molecule has 2 nitrogen and oxygen atoms in total. The predicted octanol–water partition coefficient (Wildman–Crippen LogP) is 4.83. The fraction of sp³-hybridized carbons (Fsp3) is 0.750. The van der Waals surface area contributed by atoms with Gasteiger partial charge in [-0.1, -0.05) is 44.7 Å². The highest BCUT2D eigenvalue weighted by Gasteiger charge is 2.31. The van der Waals surface area contributed by atoms with Crippen LogP contribution in [0.5, 0.6) is 0 Å². The van der Waals surface area contributed by atoms with Crippen LogP contribution in [0.3, 0.4) is 0 Å². The molecule has 0 radical (unpaired) electrons. The molecule has 0 amide bonds. The summed E-state index contributed by atoms with van der Waals surface area (Å²) in [4.78, 5) is 3.96. The van der Waals surface area contributed by atoms with Crippen molar-refractivity contribution in [2.75, 3.05) is 6.54 Å². The fourth-order valence-electron chi connectivity index (χ4n) is 3.43. The fourth-order valence-corrected chi connectivity index (χ4v) is 4.68. The van der Waals surface area contributed by atoms with Crippen LogP contribution >= 0.6 is 22.9 Å². The van der Waals surface area contributed by atoms with Gasteiger partial charge in [-0.25, -0.2) is 0 Å². The van der Waals surface area contributed by atoms with Gasteiger partial charge in [0.1, 0.15) is 0 Å². The molecule has 0 spiro atoms. The molecule has 2 N–H and O–H groups in total. The summed E-state index contributed by atoms with van der Waals surface area (Å²) in [5.74, 6) is 0. The van der Waals surface area contributed by atoms with E-state index in [2.05, 4.69) is 24.8 Å². The van der Waals surface area contributed by atoms with Crippen LogP contribution in [0.2, 0.25) is 4.34 Å². The molecule has 1 aliphatic carbocycles. The second kappa shape index (κ2) is 7.79. The molecule has 2 unspecified atom stereocenters. The first-order valence-corrected chi connectivity index (χ1v) is 9.13. The Balaban J connectivity index is 2.23. The number of hydrogen-bond acceptors (Lipinski definition) is 3. The van der Waals surface area contributed by atoms with E-state index in [1.807, 2.05) is 6.07 Å². The molecule has 1 heterocycles. The summed E-state index contributed by atoms with van der Waals surface area (Å²) < 4.78 is 0.869. The first-order chi connectivity index (χ1) is 9.67. The summed E-state index contributed by atoms with van der Waals surface area (Å²) >= 11 is 7.84. The number of thiophene rings is 1. The molecular weight excluding hydrogens is 288 g/mol. The highest BCUT2D eigenvalue weighted by atomic mass is 35.5. The predicted molar refractivity (Wildman–Crippen MR) is 89.6 cm³/mol. The second-order valence-electron chi connectivity index (χ2n) is 5.78. The van der Waals surface area contributed by atoms with E-state index in [1.165, 1.54) is 37.0 Å². The quantitative estimate of drug-likeness (QED) is 0.814. The molecular formula is C16H27ClN2S. The SMILES string of the molecule is CCC(N)C(c1ccc(Cl)s1)N(CC)C1CCCCC1. The molecule has 1 aliphatic rings. The lowest BCUT2D eigenvalue weighted by Crippen LogP contribution is -2.46. The van der Waals surface area contributed by atoms with E-state index in [0.717, 1.165) is 17.3 Å². The zero-order chi connectivity index (χ0) is 14.5. The van der Waals surface area contributed by atoms with Crippen molar-refractivity contribution >= 4 is 22.9 Å². The molecule has 0 aromatic carbocycles. The van der Waals surface area contributed by atoms with Gasteiger partial charge in [0.25, 0.3) is 0 Å². The Morgan fingerprint density at radius 3 is 2.50 bits per heavy atom. The third-order valence-corrected chi connectivity index (χ3v) is 5.83. The van der Waals surface area contributed by atoms with Gasteiger partial charge in [-0.3, -0.25) is 4.90 Å². The number of rotatable bonds is 6. The number of halogens is 1. The summed E-state index contributed by atoms with van der Waals surface area (Å²) in [6.45, 7) is 5.51. The van der Waals surface area contributed by atoms with Crippen LogP contribution in [-0.2, 0) is 0 Å². The van der Waals surface area contributed by atoms with Gasteiger partial charge < -0.3 is 5.73 Å². The smallest absolute Gasteiger partial charge is 0.0931 e. The molecule has 1 aromatic heterocycles. The molecule has 114 valence electrons. The van der Waals surface area contributed by atoms with Crippen molar-refractivity contribution in [2.45, 2.75) is 70.5 Å². The van der Waals surface area contributed by atoms with E-state index in [4.69, 9.17) is 17.3 Å². The number of nitrogens with zero attached hydrogens (tertiary/aromatic N) is 1. The van der Waals surface area contributed by atoms with Gasteiger partial charge in [0.15, 0.2) is 0 Å². The number of likely N-dealkylation sites (N-methyl/N-ethyl adjacent to an activating group) is 1. The van der Waals surface area contributed by atoms with Crippen LogP contribution in [-0.4, -0.2) is 23.5 Å². The Morgan fingerprint density at radius 1 is 1.30 bits per heavy atom. The lowest BCUT2D eigenvalue weighted by Gasteiger charge is -2.41. The van der Waals surface area contributed by atoms with E-state index in [1.54, 1.807) is 11.3 Å². The third-order valence-electron chi connectivity index (χ3n) is 4.53. The Bertz CT molecular complexity index is 401. The first kappa shape index (κ1) is 16.3. The Labute approximate surface area is 132 Å². The van der Waals surface area contributed by atoms with E-state index in [0.29, 0.717) is 12.1 Å². The van der Waals surface area contributed by atoms with Crippen molar-refractivity contribution in [1.82, 2.24) is 4.90 Å². The molecule has 1 aromatic rings. The molecule has 2 atom stereocenters. The van der Waals surface area contributed by atoms with Crippen LogP contribution in [0.1, 0.15) is 63.3 Å². The molecule has 0 aliphatic heterocycles. The number of nitrogens with two attached hydrogens (primary N) is 1. The van der Waals surface area contributed by atoms with Crippen molar-refractivity contribution in [1.29, 1.82) is 0 Å². The molecule has 4 heteroatoms. The molecule has 0 saturated heterocycles. The van der Waals surface area contributed by atoms with Crippen molar-refractivity contribution < 1.29 is 0 Å². The Hall–Kier alpha value is -0.0900. The summed E-state index contributed by atoms with van der Waals surface area (Å²) in [5, 5.41) is 0. The molecule has 0 bridgehead atoms. The lowest BCUT2D eigenvalue weighted by molar-refractivity contribution is 0.0951. The second-order valence-corrected chi connectivity index (χ2v) is 7.53. The van der Waals surface area contributed by atoms with Crippen LogP contribution in [0, 0.1) is 0 Å². The minimum Gasteiger partial charge on any atom is -0.326 e. The van der Waals surface area contributed by atoms with Gasteiger partial charge >= 0.3 is 0 Å². The monoisotopic (exact) mass is 314 g/mol. The minimum absolute atomic E-state index is 0.187. The third kappa shape index (κ3) is 3.76. The summed E-state index contributed by atoms with van der Waals surface area (Å²) in [6.07, 6.45) is 7.76. The van der Waals surface area contributed by atoms with Gasteiger partial charge in [0.05, 0.1) is 10.4 Å². The summed E-state index contributed by atoms with van der Waals surface area (Å²) in [6, 6.07) is 5.37. The van der Waals surface area contributed by atoms with Gasteiger partial charge in [-0.05, 0) is 37.9 Å². The van der Waals surface area contributed by atoms with Crippen molar-refractivity contribution in [3.8, 4) is 0 Å². The molecule has 1 saturated carbocycles. The normalized spacial score (nSPS) is 20.2. The first-order valence-electron chi connectivity index (χ1n) is 7.93. The molecule has 1 fully saturated rings. The summed E-state index contributed by atoms with van der Waals surface area (Å²) in [5.41, 5.74) is 6.46. The maximum atomic E-state index is 6.46. The van der Waals surface area contributed by atoms with E-state index in [-0.39, 0.29) is 6.04 Å². The minimum atomic E-state index is 0.187. The van der Waals surface area contributed by atoms with E-state index < -0.39 is 0 Å². The zero-order valence-corrected chi connectivity index (χ0v) is 14.2. The van der Waals surface area contributed by atoms with Crippen LogP contribution in [0.25, 0.3) is 0 Å². The van der Waals surface area contributed by atoms with E-state index in [9.17, 15) is 0 Å². The lowest BCUT2D eigenvalue weighted by atomic mass is 9.91. The largest absolute Gasteiger partial charge is 0.326 e. The average molecular weight is 315 g/mol. The standard InChI is InChI=1S/C16H27ClN2S/c1-3-13(18)16(14-10-11-15(17)20-14)19(4-2)12-8-6-5-7-9-12/h10-13,16H,3-9,18H2,1-2H3. The van der Waals surface area contributed by atoms with Gasteiger partial charge in [-0.15, -0.1) is 11.3 Å². The average Bonchev–Trinajstić information content (AvgIpc) is 2.90. The van der Waals surface area contributed by atoms with Gasteiger partial charge in [0.2, 0.25) is 0 Å². The highest BCUT2D eigenvalue weighted by Crippen LogP contribution is 2.36. The van der Waals surface area contributed by atoms with Crippen molar-refractivity contribution in [3.63, 3.8) is 0 Å². The topological polar surface area (TPSA) is 29.3 Å². The highest BCUT2D eigenvalue weighted by molar-refractivity contribution is 7.16. The summed E-state index contributed by atoms with van der Waals surface area (Å²) in [7, 11) is 0. The van der Waals surface area contributed by atoms with E-state index >= 15 is 0 Å². The van der Waals surface area contributed by atoms with Crippen LogP contribution in [0.15, 0.2) is 12.1 Å². The molecule has 2 rings (SSSR count). The molecule has 20 heavy (non-hydrogen) atoms. The van der Waals surface area contributed by atoms with Crippen molar-refractivity contribution in [2.24, 2.45) is 5.73 Å². The van der Waals surface area contributed by atoms with Gasteiger partial charge in [-0.2, -0.15) is 0 Å². The maximum Gasteiger partial charge on any atom is 0.0931 e. The number of hydrogen-bond donors (Lipinski definition) is 1. The zero-order valence-electron chi connectivity index (χ0n) is 12.6. The van der Waals surface area contributed by atoms with Crippen LogP contribution in [0.4, 0.5) is 0 Å². The Kier molecular flexibility index (Phi) is 6.34. The van der Waals surface area contributed by atoms with Crippen LogP contribution < -0.4 is 5.73 Å². The van der Waals surface area contributed by atoms with Gasteiger partial charge in [0, 0.05) is 17.0 Å².